The van der Waals surface area contributed by atoms with Gasteiger partial charge in [-0.1, -0.05) is 23.7 Å². The molecule has 34 heavy (non-hydrogen) atoms. The molecule has 0 unspecified atom stereocenters. The number of aromatic nitrogens is 3. The zero-order valence-electron chi connectivity index (χ0n) is 18.0. The number of halogens is 4. The average Bonchev–Trinajstić information content (AvgIpc) is 3.18. The van der Waals surface area contributed by atoms with Gasteiger partial charge in [-0.15, -0.1) is 10.2 Å². The average molecular weight is 498 g/mol. The fraction of sp³-hybridized carbons (Fsp3) is 0.318. The third-order valence-corrected chi connectivity index (χ3v) is 5.62. The van der Waals surface area contributed by atoms with E-state index in [0.29, 0.717) is 23.7 Å². The molecule has 0 amide bonds. The summed E-state index contributed by atoms with van der Waals surface area (Å²) in [7, 11) is 1.42. The van der Waals surface area contributed by atoms with E-state index < -0.39 is 36.6 Å². The lowest BCUT2D eigenvalue weighted by Crippen LogP contribution is -2.17. The van der Waals surface area contributed by atoms with Gasteiger partial charge in [0.1, 0.15) is 23.7 Å². The molecule has 180 valence electrons. The zero-order chi connectivity index (χ0) is 24.6. The summed E-state index contributed by atoms with van der Waals surface area (Å²) in [6, 6.07) is 9.36. The molecule has 12 heteroatoms. The number of rotatable bonds is 6. The van der Waals surface area contributed by atoms with Gasteiger partial charge < -0.3 is 19.3 Å². The summed E-state index contributed by atoms with van der Waals surface area (Å²) in [6.45, 7) is 2.08. The number of aliphatic carboxylic acids is 1. The molecule has 0 saturated carbocycles. The minimum Gasteiger partial charge on any atom is -0.495 e. The number of alkyl halides is 3. The lowest BCUT2D eigenvalue weighted by Gasteiger charge is -2.24. The van der Waals surface area contributed by atoms with Crippen molar-refractivity contribution in [3.05, 3.63) is 64.2 Å². The van der Waals surface area contributed by atoms with Gasteiger partial charge in [0.25, 0.3) is 0 Å². The van der Waals surface area contributed by atoms with Crippen LogP contribution < -0.4 is 9.47 Å². The Morgan fingerprint density at radius 3 is 2.65 bits per heavy atom. The van der Waals surface area contributed by atoms with E-state index in [-0.39, 0.29) is 22.1 Å². The SMILES string of the molecule is CCOc1ccc2c(c1)[C@H](c1cccc(OC)c1Cl)O[C@@H](CC(=O)O)c1nnc(C(F)(F)F)n1-2. The number of carboxylic acid groups (broad SMARTS) is 1. The van der Waals surface area contributed by atoms with Crippen LogP contribution in [0.2, 0.25) is 5.02 Å². The highest BCUT2D eigenvalue weighted by atomic mass is 35.5. The van der Waals surface area contributed by atoms with Crippen LogP contribution in [0.3, 0.4) is 0 Å². The Morgan fingerprint density at radius 1 is 1.24 bits per heavy atom. The molecule has 1 aromatic heterocycles. The van der Waals surface area contributed by atoms with Crippen LogP contribution >= 0.6 is 11.6 Å². The summed E-state index contributed by atoms with van der Waals surface area (Å²) in [5.74, 6) is -2.18. The first kappa shape index (κ1) is 23.8. The largest absolute Gasteiger partial charge is 0.495 e. The number of carbonyl (C=O) groups is 1. The summed E-state index contributed by atoms with van der Waals surface area (Å²) in [4.78, 5) is 11.6. The topological polar surface area (TPSA) is 95.7 Å². The fourth-order valence-corrected chi connectivity index (χ4v) is 4.16. The minimum atomic E-state index is -4.86. The Hall–Kier alpha value is -3.31. The van der Waals surface area contributed by atoms with Gasteiger partial charge in [-0.2, -0.15) is 13.2 Å². The number of nitrogens with zero attached hydrogens (tertiary/aromatic N) is 3. The third kappa shape index (κ3) is 4.28. The van der Waals surface area contributed by atoms with Crippen molar-refractivity contribution < 1.29 is 37.3 Å². The second-order valence-electron chi connectivity index (χ2n) is 7.33. The maximum Gasteiger partial charge on any atom is 0.452 e. The summed E-state index contributed by atoms with van der Waals surface area (Å²) in [6.07, 6.45) is -7.94. The second kappa shape index (κ2) is 9.15. The highest BCUT2D eigenvalue weighted by Crippen LogP contribution is 2.46. The Labute approximate surface area is 196 Å². The molecule has 2 aromatic carbocycles. The lowest BCUT2D eigenvalue weighted by molar-refractivity contribution is -0.146. The number of fused-ring (bicyclic) bond motifs is 3. The van der Waals surface area contributed by atoms with Crippen LogP contribution in [-0.2, 0) is 15.7 Å². The van der Waals surface area contributed by atoms with Crippen molar-refractivity contribution in [1.82, 2.24) is 14.8 Å². The summed E-state index contributed by atoms with van der Waals surface area (Å²) in [5.41, 5.74) is 0.701. The molecular formula is C22H19ClF3N3O5. The molecule has 0 aliphatic carbocycles. The molecule has 8 nitrogen and oxygen atoms in total. The normalized spacial score (nSPS) is 17.5. The van der Waals surface area contributed by atoms with E-state index in [9.17, 15) is 23.1 Å². The third-order valence-electron chi connectivity index (χ3n) is 5.22. The number of hydrogen-bond donors (Lipinski definition) is 1. The first-order valence-electron chi connectivity index (χ1n) is 10.1. The van der Waals surface area contributed by atoms with Crippen LogP contribution in [0.5, 0.6) is 11.5 Å². The van der Waals surface area contributed by atoms with Gasteiger partial charge in [-0.25, -0.2) is 0 Å². The molecule has 0 saturated heterocycles. The molecule has 0 bridgehead atoms. The quantitative estimate of drug-likeness (QED) is 0.513. The predicted octanol–water partition coefficient (Wildman–Crippen LogP) is 4.98. The van der Waals surface area contributed by atoms with Crippen molar-refractivity contribution in [2.75, 3.05) is 13.7 Å². The maximum absolute atomic E-state index is 13.9. The first-order chi connectivity index (χ1) is 16.2. The molecule has 2 heterocycles. The summed E-state index contributed by atoms with van der Waals surface area (Å²) >= 11 is 6.54. The van der Waals surface area contributed by atoms with Crippen molar-refractivity contribution in [3.63, 3.8) is 0 Å². The Morgan fingerprint density at radius 2 is 2.00 bits per heavy atom. The fourth-order valence-electron chi connectivity index (χ4n) is 3.85. The first-order valence-corrected chi connectivity index (χ1v) is 10.5. The molecule has 0 spiro atoms. The Kier molecular flexibility index (Phi) is 6.41. The highest BCUT2D eigenvalue weighted by Gasteiger charge is 2.43. The van der Waals surface area contributed by atoms with Crippen molar-refractivity contribution in [2.45, 2.75) is 31.7 Å². The Bertz CT molecular complexity index is 1230. The van der Waals surface area contributed by atoms with Crippen LogP contribution in [0.25, 0.3) is 5.69 Å². The molecule has 2 atom stereocenters. The van der Waals surface area contributed by atoms with Gasteiger partial charge in [0.05, 0.1) is 30.8 Å². The summed E-state index contributed by atoms with van der Waals surface area (Å²) < 4.78 is 59.4. The lowest BCUT2D eigenvalue weighted by atomic mass is 9.98. The number of ether oxygens (including phenoxy) is 3. The van der Waals surface area contributed by atoms with Crippen LogP contribution in [0, 0.1) is 0 Å². The van der Waals surface area contributed by atoms with Gasteiger partial charge in [-0.3, -0.25) is 9.36 Å². The Balaban J connectivity index is 2.03. The minimum absolute atomic E-state index is 0.0625. The van der Waals surface area contributed by atoms with E-state index in [4.69, 9.17) is 25.8 Å². The monoisotopic (exact) mass is 497 g/mol. The van der Waals surface area contributed by atoms with Gasteiger partial charge in [-0.05, 0) is 31.2 Å². The molecule has 4 rings (SSSR count). The molecule has 1 N–H and O–H groups in total. The molecule has 3 aromatic rings. The zero-order valence-corrected chi connectivity index (χ0v) is 18.7. The van der Waals surface area contributed by atoms with Crippen molar-refractivity contribution in [1.29, 1.82) is 0 Å². The van der Waals surface area contributed by atoms with Gasteiger partial charge in [0.15, 0.2) is 5.82 Å². The number of hydrogen-bond acceptors (Lipinski definition) is 6. The number of carboxylic acids is 1. The second-order valence-corrected chi connectivity index (χ2v) is 7.71. The van der Waals surface area contributed by atoms with Crippen LogP contribution in [0.1, 0.15) is 48.3 Å². The smallest absolute Gasteiger partial charge is 0.452 e. The summed E-state index contributed by atoms with van der Waals surface area (Å²) in [5, 5.41) is 16.6. The predicted molar refractivity (Wildman–Crippen MR) is 113 cm³/mol. The molecule has 1 aliphatic heterocycles. The molecule has 0 fully saturated rings. The molecular weight excluding hydrogens is 479 g/mol. The van der Waals surface area contributed by atoms with E-state index in [0.717, 1.165) is 4.57 Å². The van der Waals surface area contributed by atoms with Crippen LogP contribution in [0.4, 0.5) is 13.2 Å². The van der Waals surface area contributed by atoms with E-state index in [1.54, 1.807) is 25.1 Å². The van der Waals surface area contributed by atoms with Crippen molar-refractivity contribution in [2.24, 2.45) is 0 Å². The van der Waals surface area contributed by atoms with E-state index in [2.05, 4.69) is 10.2 Å². The molecule has 1 aliphatic rings. The van der Waals surface area contributed by atoms with E-state index in [1.807, 2.05) is 0 Å². The van der Waals surface area contributed by atoms with Crippen LogP contribution in [-0.4, -0.2) is 39.6 Å². The number of methoxy groups -OCH3 is 1. The van der Waals surface area contributed by atoms with Crippen molar-refractivity contribution >= 4 is 17.6 Å². The molecule has 0 radical (unpaired) electrons. The van der Waals surface area contributed by atoms with Gasteiger partial charge in [0.2, 0.25) is 5.82 Å². The van der Waals surface area contributed by atoms with E-state index in [1.165, 1.54) is 25.3 Å². The number of benzene rings is 2. The standard InChI is InChI=1S/C22H19ClF3N3O5/c1-3-33-11-7-8-14-13(9-11)19(12-5-4-6-15(32-2)18(12)23)34-16(10-17(30)31)20-27-28-21(29(14)20)22(24,25)26/h4-9,16,19H,3,10H2,1-2H3,(H,30,31)/t16-,19-/m0/s1. The highest BCUT2D eigenvalue weighted by molar-refractivity contribution is 6.32. The van der Waals surface area contributed by atoms with Crippen LogP contribution in [0.15, 0.2) is 36.4 Å². The van der Waals surface area contributed by atoms with Gasteiger partial charge in [0, 0.05) is 11.1 Å². The van der Waals surface area contributed by atoms with E-state index >= 15 is 0 Å². The van der Waals surface area contributed by atoms with Gasteiger partial charge >= 0.3 is 12.1 Å². The maximum atomic E-state index is 13.9. The van der Waals surface area contributed by atoms with Crippen molar-refractivity contribution in [3.8, 4) is 17.2 Å².